The summed E-state index contributed by atoms with van der Waals surface area (Å²) in [5.41, 5.74) is 11.6. The number of fused-ring (bicyclic) bond motifs is 1. The van der Waals surface area contributed by atoms with Gasteiger partial charge in [0, 0.05) is 31.4 Å². The Morgan fingerprint density at radius 2 is 1.79 bits per heavy atom. The molecule has 0 radical (unpaired) electrons. The van der Waals surface area contributed by atoms with E-state index in [1.165, 1.54) is 23.2 Å². The van der Waals surface area contributed by atoms with E-state index in [1.54, 1.807) is 36.4 Å². The summed E-state index contributed by atoms with van der Waals surface area (Å²) in [4.78, 5) is 99.2. The molecule has 10 atom stereocenters. The zero-order chi connectivity index (χ0) is 45.5. The van der Waals surface area contributed by atoms with Crippen molar-refractivity contribution in [2.75, 3.05) is 31.2 Å². The van der Waals surface area contributed by atoms with Crippen molar-refractivity contribution >= 4 is 56.1 Å². The standard InChI is InChI=1S/C36H45N9O16P2/c1-2-3-9-22(46)13-21(12-20-7-5-4-6-8-20)34(49)39-15-28(47)60-31-25(59-35(30(31)48)45-19-42-29-32(38)40-18-41-33(29)45)17-57-63(54,55)61-23-14-27(44-11-10-26(37)43-36(44)50)58-24(23)16-56-62(51,52)53/h2,4-8,10-11,18-19,21,23-25,27,30-31,35,48H,1,3,9,12-17H2,(H,39,49)(H,54,55)(H2,37,43,50)(H2,38,40,41)(H2,51,52,53)/p-1/t21-,23?,24-,25-,27-,30+,31?,35-/m1/s1. The van der Waals surface area contributed by atoms with Gasteiger partial charge >= 0.3 is 19.5 Å². The van der Waals surface area contributed by atoms with E-state index in [1.807, 2.05) is 0 Å². The first-order chi connectivity index (χ1) is 29.9. The van der Waals surface area contributed by atoms with Crippen molar-refractivity contribution in [2.24, 2.45) is 5.92 Å². The first-order valence-corrected chi connectivity index (χ1v) is 22.1. The molecule has 3 aromatic heterocycles. The van der Waals surface area contributed by atoms with E-state index in [2.05, 4.69) is 36.4 Å². The summed E-state index contributed by atoms with van der Waals surface area (Å²) in [6.45, 7) is 1.06. The molecule has 5 heterocycles. The van der Waals surface area contributed by atoms with Gasteiger partial charge in [0.2, 0.25) is 5.91 Å². The predicted molar refractivity (Wildman–Crippen MR) is 213 cm³/mol. The molecule has 8 N–H and O–H groups in total. The number of carbonyl (C=O) groups is 3. The van der Waals surface area contributed by atoms with Gasteiger partial charge in [-0.3, -0.25) is 37.1 Å². The lowest BCUT2D eigenvalue weighted by atomic mass is 9.92. The number of anilines is 2. The first-order valence-electron chi connectivity index (χ1n) is 19.2. The van der Waals surface area contributed by atoms with Gasteiger partial charge < -0.3 is 55.3 Å². The number of nitrogens with two attached hydrogens (primary N) is 2. The molecule has 0 spiro atoms. The van der Waals surface area contributed by atoms with Gasteiger partial charge in [0.25, 0.3) is 7.82 Å². The fourth-order valence-corrected chi connectivity index (χ4v) is 8.19. The van der Waals surface area contributed by atoms with Crippen LogP contribution < -0.4 is 27.4 Å². The van der Waals surface area contributed by atoms with Crippen molar-refractivity contribution in [1.29, 1.82) is 0 Å². The highest BCUT2D eigenvalue weighted by Gasteiger charge is 2.50. The van der Waals surface area contributed by atoms with Crippen molar-refractivity contribution in [2.45, 2.75) is 75.1 Å². The molecule has 25 nitrogen and oxygen atoms in total. The van der Waals surface area contributed by atoms with E-state index in [0.717, 1.165) is 16.5 Å². The number of rotatable bonds is 21. The third kappa shape index (κ3) is 12.5. The molecule has 0 saturated carbocycles. The van der Waals surface area contributed by atoms with Crippen LogP contribution in [0, 0.1) is 5.92 Å². The SMILES string of the molecule is C=CCCC(=O)C[C@@H](Cc1ccccc1)C(=O)NCC(=O)OC1[C@@H](COP(=O)(O)OC2C[C@H](n3ccc(N)nc3=O)O[C@@H]2COP(=O)([O-])O)O[C@@H](n2cnc3c(N)ncnc32)[C@H]1O. The van der Waals surface area contributed by atoms with E-state index >= 15 is 0 Å². The van der Waals surface area contributed by atoms with E-state index in [0.29, 0.717) is 6.42 Å². The number of nitrogens with zero attached hydrogens (tertiary/aromatic N) is 6. The Balaban J connectivity index is 1.17. The van der Waals surface area contributed by atoms with Crippen LogP contribution >= 0.6 is 15.6 Å². The second-order valence-corrected chi connectivity index (χ2v) is 16.9. The van der Waals surface area contributed by atoms with Crippen LogP contribution in [-0.4, -0.2) is 112 Å². The number of hydrogen-bond acceptors (Lipinski definition) is 20. The minimum atomic E-state index is -5.33. The van der Waals surface area contributed by atoms with Crippen molar-refractivity contribution in [3.8, 4) is 0 Å². The zero-order valence-electron chi connectivity index (χ0n) is 33.1. The predicted octanol–water partition coefficient (Wildman–Crippen LogP) is -0.415. The number of aromatic nitrogens is 6. The molecule has 2 fully saturated rings. The topological polar surface area (TPSA) is 367 Å². The maximum Gasteiger partial charge on any atom is 0.472 e. The van der Waals surface area contributed by atoms with Gasteiger partial charge in [-0.05, 0) is 24.5 Å². The number of allylic oxidation sites excluding steroid dienone is 1. The van der Waals surface area contributed by atoms with Gasteiger partial charge in [-0.25, -0.2) is 24.3 Å². The molecule has 6 rings (SSSR count). The van der Waals surface area contributed by atoms with Crippen LogP contribution in [0.4, 0.5) is 11.6 Å². The summed E-state index contributed by atoms with van der Waals surface area (Å²) >= 11 is 0. The van der Waals surface area contributed by atoms with E-state index in [9.17, 15) is 48.1 Å². The molecule has 2 aliphatic rings. The summed E-state index contributed by atoms with van der Waals surface area (Å²) in [5.74, 6) is -2.86. The normalized spacial score (nSPS) is 24.6. The highest BCUT2D eigenvalue weighted by molar-refractivity contribution is 7.47. The van der Waals surface area contributed by atoms with Crippen LogP contribution in [0.25, 0.3) is 11.2 Å². The average molecular weight is 921 g/mol. The van der Waals surface area contributed by atoms with Gasteiger partial charge in [-0.2, -0.15) is 4.98 Å². The molecule has 2 aliphatic heterocycles. The molecule has 27 heteroatoms. The molecule has 63 heavy (non-hydrogen) atoms. The third-order valence-electron chi connectivity index (χ3n) is 9.86. The minimum absolute atomic E-state index is 0.00685. The maximum absolute atomic E-state index is 13.5. The molecule has 1 amide bonds. The van der Waals surface area contributed by atoms with Crippen LogP contribution in [0.2, 0.25) is 0 Å². The van der Waals surface area contributed by atoms with Crippen LogP contribution in [0.3, 0.4) is 0 Å². The monoisotopic (exact) mass is 920 g/mol. The Labute approximate surface area is 357 Å². The maximum atomic E-state index is 13.5. The highest BCUT2D eigenvalue weighted by Crippen LogP contribution is 2.49. The molecule has 1 aromatic carbocycles. The Morgan fingerprint density at radius 1 is 1.05 bits per heavy atom. The lowest BCUT2D eigenvalue weighted by Gasteiger charge is -2.25. The summed E-state index contributed by atoms with van der Waals surface area (Å²) in [5, 5.41) is 14.0. The van der Waals surface area contributed by atoms with Gasteiger partial charge in [0.15, 0.2) is 23.8 Å². The second-order valence-electron chi connectivity index (χ2n) is 14.3. The number of aliphatic hydroxyl groups is 1. The molecular weight excluding hydrogens is 876 g/mol. The Kier molecular flexibility index (Phi) is 15.3. The number of aliphatic hydroxyl groups excluding tert-OH is 1. The minimum Gasteiger partial charge on any atom is -0.756 e. The molecule has 0 aliphatic carbocycles. The van der Waals surface area contributed by atoms with E-state index < -0.39 is 102 Å². The number of Topliss-reactive ketones (excluding diaryl/α,β-unsaturated/α-hetero) is 1. The third-order valence-corrected chi connectivity index (χ3v) is 11.3. The summed E-state index contributed by atoms with van der Waals surface area (Å²) in [7, 11) is -10.6. The van der Waals surface area contributed by atoms with Crippen molar-refractivity contribution < 1.29 is 71.1 Å². The summed E-state index contributed by atoms with van der Waals surface area (Å²) in [6.07, 6.45) is -5.19. The van der Waals surface area contributed by atoms with Crippen LogP contribution in [0.5, 0.6) is 0 Å². The molecule has 4 aromatic rings. The van der Waals surface area contributed by atoms with Crippen LogP contribution in [-0.2, 0) is 57.7 Å². The molecule has 0 bridgehead atoms. The number of carbonyl (C=O) groups excluding carboxylic acids is 3. The van der Waals surface area contributed by atoms with Crippen LogP contribution in [0.1, 0.15) is 43.7 Å². The Bertz CT molecular complexity index is 2430. The number of ketones is 1. The largest absolute Gasteiger partial charge is 0.756 e. The highest BCUT2D eigenvalue weighted by atomic mass is 31.2. The van der Waals surface area contributed by atoms with Gasteiger partial charge in [-0.15, -0.1) is 6.58 Å². The number of nitrogen functional groups attached to an aromatic ring is 2. The fraction of sp³-hybridized carbons (Fsp3) is 0.444. The number of esters is 1. The summed E-state index contributed by atoms with van der Waals surface area (Å²) in [6, 6.07) is 10.2. The molecular formula is C36H44N9O16P2-. The van der Waals surface area contributed by atoms with Gasteiger partial charge in [0.1, 0.15) is 60.6 Å². The number of ether oxygens (including phenoxy) is 3. The molecule has 4 unspecified atom stereocenters. The number of phosphoric acid groups is 2. The first kappa shape index (κ1) is 47.2. The van der Waals surface area contributed by atoms with Crippen LogP contribution in [0.15, 0.2) is 72.7 Å². The average Bonchev–Trinajstić information content (AvgIpc) is 3.92. The number of phosphoric ester groups is 2. The van der Waals surface area contributed by atoms with Gasteiger partial charge in [0.05, 0.1) is 19.5 Å². The zero-order valence-corrected chi connectivity index (χ0v) is 34.9. The van der Waals surface area contributed by atoms with Crippen molar-refractivity contribution in [1.82, 2.24) is 34.4 Å². The lowest BCUT2D eigenvalue weighted by molar-refractivity contribution is -0.222. The number of benzene rings is 1. The molecule has 2 saturated heterocycles. The smallest absolute Gasteiger partial charge is 0.472 e. The Hall–Kier alpha value is -5.30. The van der Waals surface area contributed by atoms with E-state index in [4.69, 9.17) is 34.7 Å². The van der Waals surface area contributed by atoms with E-state index in [-0.39, 0.29) is 54.3 Å². The number of amides is 1. The van der Waals surface area contributed by atoms with Crippen molar-refractivity contribution in [3.05, 3.63) is 84.0 Å². The lowest BCUT2D eigenvalue weighted by Crippen LogP contribution is -2.42. The number of hydrogen-bond donors (Lipinski definition) is 6. The summed E-state index contributed by atoms with van der Waals surface area (Å²) < 4.78 is 59.4. The second kappa shape index (κ2) is 20.5. The molecule has 340 valence electrons. The Morgan fingerprint density at radius 3 is 2.51 bits per heavy atom. The fourth-order valence-electron chi connectivity index (χ4n) is 6.89. The van der Waals surface area contributed by atoms with Gasteiger partial charge in [-0.1, -0.05) is 36.4 Å². The number of nitrogens with one attached hydrogen (secondary N) is 1. The quantitative estimate of drug-likeness (QED) is 0.0351. The van der Waals surface area contributed by atoms with Crippen molar-refractivity contribution in [3.63, 3.8) is 0 Å². The number of imidazole rings is 1.